The lowest BCUT2D eigenvalue weighted by Gasteiger charge is -2.20. The summed E-state index contributed by atoms with van der Waals surface area (Å²) >= 11 is 1.54. The van der Waals surface area contributed by atoms with E-state index in [-0.39, 0.29) is 18.7 Å². The van der Waals surface area contributed by atoms with Crippen molar-refractivity contribution in [3.8, 4) is 11.5 Å². The van der Waals surface area contributed by atoms with Gasteiger partial charge in [-0.1, -0.05) is 29.8 Å². The Bertz CT molecular complexity index is 1230. The number of fused-ring (bicyclic) bond motifs is 1. The van der Waals surface area contributed by atoms with Crippen LogP contribution < -0.4 is 0 Å². The predicted molar refractivity (Wildman–Crippen MR) is 124 cm³/mol. The van der Waals surface area contributed by atoms with E-state index in [1.807, 2.05) is 55.5 Å². The van der Waals surface area contributed by atoms with Gasteiger partial charge in [0.1, 0.15) is 5.01 Å². The number of thiazole rings is 1. The zero-order valence-electron chi connectivity index (χ0n) is 18.6. The number of aromatic nitrogens is 3. The van der Waals surface area contributed by atoms with Crippen LogP contribution in [-0.4, -0.2) is 45.1 Å². The lowest BCUT2D eigenvalue weighted by atomic mass is 10.1. The molecule has 0 spiro atoms. The van der Waals surface area contributed by atoms with Crippen molar-refractivity contribution in [2.24, 2.45) is 0 Å². The molecule has 4 rings (SSSR count). The molecule has 1 unspecified atom stereocenters. The molecule has 4 aromatic rings. The summed E-state index contributed by atoms with van der Waals surface area (Å²) in [7, 11) is 1.67. The second-order valence-electron chi connectivity index (χ2n) is 7.77. The Labute approximate surface area is 195 Å². The van der Waals surface area contributed by atoms with E-state index in [1.165, 1.54) is 16.2 Å². The van der Waals surface area contributed by atoms with Crippen LogP contribution in [0.15, 0.2) is 52.9 Å². The molecule has 0 aliphatic carbocycles. The molecule has 0 saturated carbocycles. The third-order valence-corrected chi connectivity index (χ3v) is 6.07. The van der Waals surface area contributed by atoms with Gasteiger partial charge in [-0.15, -0.1) is 21.5 Å². The maximum Gasteiger partial charge on any atom is 0.307 e. The van der Waals surface area contributed by atoms with Crippen LogP contribution >= 0.6 is 11.3 Å². The lowest BCUT2D eigenvalue weighted by Crippen LogP contribution is -2.37. The minimum Gasteiger partial charge on any atom is -0.453 e. The maximum absolute atomic E-state index is 12.6. The average molecular weight is 465 g/mol. The molecule has 0 N–H and O–H groups in total. The van der Waals surface area contributed by atoms with Gasteiger partial charge in [0.05, 0.1) is 23.2 Å². The van der Waals surface area contributed by atoms with Crippen molar-refractivity contribution in [1.29, 1.82) is 0 Å². The number of nitrogens with zero attached hydrogens (tertiary/aromatic N) is 4. The molecule has 2 aromatic carbocycles. The zero-order valence-corrected chi connectivity index (χ0v) is 19.5. The second kappa shape index (κ2) is 9.91. The fourth-order valence-corrected chi connectivity index (χ4v) is 4.28. The van der Waals surface area contributed by atoms with E-state index >= 15 is 0 Å². The molecule has 33 heavy (non-hydrogen) atoms. The number of para-hydroxylation sites is 1. The number of rotatable bonds is 8. The molecule has 1 amide bonds. The maximum atomic E-state index is 12.6. The van der Waals surface area contributed by atoms with Crippen LogP contribution in [0.2, 0.25) is 0 Å². The number of carbonyl (C=O) groups excluding carboxylic acids is 2. The number of aryl methyl sites for hydroxylation is 2. The van der Waals surface area contributed by atoms with Crippen molar-refractivity contribution < 1.29 is 18.7 Å². The quantitative estimate of drug-likeness (QED) is 0.361. The number of carbonyl (C=O) groups is 2. The number of ether oxygens (including phenoxy) is 1. The molecular formula is C24H24N4O4S. The molecule has 8 nitrogen and oxygen atoms in total. The average Bonchev–Trinajstić information content (AvgIpc) is 3.44. The van der Waals surface area contributed by atoms with Crippen molar-refractivity contribution in [2.75, 3.05) is 7.05 Å². The minimum absolute atomic E-state index is 0.0364. The largest absolute Gasteiger partial charge is 0.453 e. The van der Waals surface area contributed by atoms with E-state index in [2.05, 4.69) is 15.2 Å². The van der Waals surface area contributed by atoms with Crippen molar-refractivity contribution in [3.05, 3.63) is 65.0 Å². The molecule has 9 heteroatoms. The molecule has 0 aliphatic rings. The highest BCUT2D eigenvalue weighted by molar-refractivity contribution is 7.18. The van der Waals surface area contributed by atoms with Crippen LogP contribution in [0, 0.1) is 6.92 Å². The summed E-state index contributed by atoms with van der Waals surface area (Å²) < 4.78 is 12.0. The van der Waals surface area contributed by atoms with E-state index < -0.39 is 12.1 Å². The number of hydrogen-bond donors (Lipinski definition) is 0. The van der Waals surface area contributed by atoms with Crippen LogP contribution in [-0.2, 0) is 27.3 Å². The first-order valence-electron chi connectivity index (χ1n) is 10.6. The van der Waals surface area contributed by atoms with E-state index in [0.29, 0.717) is 18.3 Å². The SMILES string of the molecule is Cc1ccc(-c2nnc(CCC(=O)OC(C)C(=O)N(C)Cc3nc4ccccc4s3)o2)cc1. The summed E-state index contributed by atoms with van der Waals surface area (Å²) in [6, 6.07) is 15.5. The first kappa shape index (κ1) is 22.6. The van der Waals surface area contributed by atoms with Crippen LogP contribution in [0.1, 0.15) is 29.8 Å². The van der Waals surface area contributed by atoms with E-state index in [9.17, 15) is 9.59 Å². The molecule has 2 aromatic heterocycles. The molecule has 0 aliphatic heterocycles. The van der Waals surface area contributed by atoms with Gasteiger partial charge in [-0.25, -0.2) is 4.98 Å². The van der Waals surface area contributed by atoms with Gasteiger partial charge in [0.2, 0.25) is 11.8 Å². The van der Waals surface area contributed by atoms with Gasteiger partial charge in [0.15, 0.2) is 6.10 Å². The predicted octanol–water partition coefficient (Wildman–Crippen LogP) is 4.18. The summed E-state index contributed by atoms with van der Waals surface area (Å²) in [5.74, 6) is -0.0470. The Morgan fingerprint density at radius 2 is 1.88 bits per heavy atom. The van der Waals surface area contributed by atoms with Gasteiger partial charge >= 0.3 is 5.97 Å². The number of amides is 1. The standard InChI is InChI=1S/C24H24N4O4S/c1-15-8-10-17(11-9-15)23-27-26-20(32-23)12-13-22(29)31-16(2)24(30)28(3)14-21-25-18-6-4-5-7-19(18)33-21/h4-11,16H,12-14H2,1-3H3. The first-order valence-corrected chi connectivity index (χ1v) is 11.4. The molecular weight excluding hydrogens is 440 g/mol. The Morgan fingerprint density at radius 3 is 2.64 bits per heavy atom. The summed E-state index contributed by atoms with van der Waals surface area (Å²) in [6.07, 6.45) is -0.628. The highest BCUT2D eigenvalue weighted by atomic mass is 32.1. The van der Waals surface area contributed by atoms with Crippen LogP contribution in [0.3, 0.4) is 0 Å². The Balaban J connectivity index is 1.26. The van der Waals surface area contributed by atoms with Gasteiger partial charge in [0.25, 0.3) is 5.91 Å². The number of esters is 1. The third-order valence-electron chi connectivity index (χ3n) is 5.05. The van der Waals surface area contributed by atoms with E-state index in [0.717, 1.165) is 26.4 Å². The van der Waals surface area contributed by atoms with E-state index in [1.54, 1.807) is 14.0 Å². The topological polar surface area (TPSA) is 98.4 Å². The lowest BCUT2D eigenvalue weighted by molar-refractivity contribution is -0.158. The molecule has 2 heterocycles. The summed E-state index contributed by atoms with van der Waals surface area (Å²) in [4.78, 5) is 30.9. The van der Waals surface area contributed by atoms with Gasteiger partial charge in [-0.2, -0.15) is 0 Å². The second-order valence-corrected chi connectivity index (χ2v) is 8.88. The summed E-state index contributed by atoms with van der Waals surface area (Å²) in [5, 5.41) is 8.84. The Hall–Kier alpha value is -3.59. The smallest absolute Gasteiger partial charge is 0.307 e. The minimum atomic E-state index is -0.900. The molecule has 0 fully saturated rings. The van der Waals surface area contributed by atoms with Gasteiger partial charge in [0, 0.05) is 19.0 Å². The van der Waals surface area contributed by atoms with E-state index in [4.69, 9.17) is 9.15 Å². The normalized spacial score (nSPS) is 12.0. The van der Waals surface area contributed by atoms with Crippen molar-refractivity contribution >= 4 is 33.4 Å². The molecule has 0 saturated heterocycles. The Kier molecular flexibility index (Phi) is 6.79. The summed E-state index contributed by atoms with van der Waals surface area (Å²) in [5.41, 5.74) is 2.86. The number of hydrogen-bond acceptors (Lipinski definition) is 8. The van der Waals surface area contributed by atoms with Crippen LogP contribution in [0.4, 0.5) is 0 Å². The van der Waals surface area contributed by atoms with Crippen molar-refractivity contribution in [2.45, 2.75) is 39.3 Å². The van der Waals surface area contributed by atoms with Gasteiger partial charge in [-0.3, -0.25) is 9.59 Å². The molecule has 0 bridgehead atoms. The highest BCUT2D eigenvalue weighted by Gasteiger charge is 2.23. The molecule has 1 atom stereocenters. The summed E-state index contributed by atoms with van der Waals surface area (Å²) in [6.45, 7) is 3.92. The van der Waals surface area contributed by atoms with Crippen molar-refractivity contribution in [3.63, 3.8) is 0 Å². The fraction of sp³-hybridized carbons (Fsp3) is 0.292. The van der Waals surface area contributed by atoms with Gasteiger partial charge < -0.3 is 14.1 Å². The first-order chi connectivity index (χ1) is 15.9. The third kappa shape index (κ3) is 5.61. The zero-order chi connectivity index (χ0) is 23.4. The van der Waals surface area contributed by atoms with Crippen LogP contribution in [0.5, 0.6) is 0 Å². The van der Waals surface area contributed by atoms with Gasteiger partial charge in [-0.05, 0) is 38.1 Å². The molecule has 0 radical (unpaired) electrons. The Morgan fingerprint density at radius 1 is 1.12 bits per heavy atom. The highest BCUT2D eigenvalue weighted by Crippen LogP contribution is 2.23. The molecule has 170 valence electrons. The fourth-order valence-electron chi connectivity index (χ4n) is 3.26. The van der Waals surface area contributed by atoms with Crippen LogP contribution in [0.25, 0.3) is 21.7 Å². The number of likely N-dealkylation sites (N-methyl/N-ethyl adjacent to an activating group) is 1. The van der Waals surface area contributed by atoms with Crippen molar-refractivity contribution in [1.82, 2.24) is 20.1 Å². The number of benzene rings is 2. The monoisotopic (exact) mass is 464 g/mol.